The predicted molar refractivity (Wildman–Crippen MR) is 147 cm³/mol. The third-order valence-electron chi connectivity index (χ3n) is 5.96. The zero-order valence-electron chi connectivity index (χ0n) is 19.4. The van der Waals surface area contributed by atoms with Gasteiger partial charge in [0.25, 0.3) is 0 Å². The van der Waals surface area contributed by atoms with E-state index in [0.29, 0.717) is 0 Å². The van der Waals surface area contributed by atoms with E-state index in [4.69, 9.17) is 0 Å². The Morgan fingerprint density at radius 2 is 1.36 bits per heavy atom. The third kappa shape index (κ3) is 4.18. The second-order valence-corrected chi connectivity index (χ2v) is 8.04. The van der Waals surface area contributed by atoms with E-state index in [1.165, 1.54) is 38.5 Å². The average molecular weight is 428 g/mol. The molecule has 3 aromatic carbocycles. The van der Waals surface area contributed by atoms with Crippen LogP contribution in [0.3, 0.4) is 0 Å². The Labute approximate surface area is 196 Å². The molecule has 1 heterocycles. The fourth-order valence-electron chi connectivity index (χ4n) is 4.29. The number of benzene rings is 3. The highest BCUT2D eigenvalue weighted by Gasteiger charge is 2.14. The topological polar surface area (TPSA) is 4.93 Å². The van der Waals surface area contributed by atoms with Gasteiger partial charge in [0.1, 0.15) is 0 Å². The van der Waals surface area contributed by atoms with E-state index in [-0.39, 0.29) is 0 Å². The summed E-state index contributed by atoms with van der Waals surface area (Å²) in [6.45, 7) is 15.8. The van der Waals surface area contributed by atoms with Gasteiger partial charge >= 0.3 is 0 Å². The van der Waals surface area contributed by atoms with Crippen LogP contribution in [-0.4, -0.2) is 4.57 Å². The van der Waals surface area contributed by atoms with Crippen molar-refractivity contribution < 1.29 is 0 Å². The molecule has 0 amide bonds. The molecule has 4 rings (SSSR count). The van der Waals surface area contributed by atoms with Crippen molar-refractivity contribution in [3.05, 3.63) is 140 Å². The van der Waals surface area contributed by atoms with Crippen molar-refractivity contribution in [1.82, 2.24) is 4.57 Å². The molecule has 0 spiro atoms. The fraction of sp³-hybridized carbons (Fsp3) is 0.0625. The first-order chi connectivity index (χ1) is 16.1. The molecule has 0 aliphatic carbocycles. The Balaban J connectivity index is 2.06. The molecule has 0 saturated heterocycles. The van der Waals surface area contributed by atoms with Gasteiger partial charge in [-0.1, -0.05) is 92.1 Å². The zero-order valence-corrected chi connectivity index (χ0v) is 19.4. The Hall–Kier alpha value is -4.10. The van der Waals surface area contributed by atoms with Crippen LogP contribution in [0.25, 0.3) is 38.6 Å². The highest BCUT2D eigenvalue weighted by molar-refractivity contribution is 6.11. The molecule has 162 valence electrons. The summed E-state index contributed by atoms with van der Waals surface area (Å²) in [5.41, 5.74) is 9.31. The minimum Gasteiger partial charge on any atom is -0.309 e. The van der Waals surface area contributed by atoms with Crippen LogP contribution in [-0.2, 0) is 0 Å². The van der Waals surface area contributed by atoms with E-state index < -0.39 is 0 Å². The molecule has 1 heteroatoms. The Bertz CT molecular complexity index is 1450. The summed E-state index contributed by atoms with van der Waals surface area (Å²) >= 11 is 0. The quantitative estimate of drug-likeness (QED) is 0.259. The average Bonchev–Trinajstić information content (AvgIpc) is 3.16. The molecule has 0 aliphatic heterocycles. The van der Waals surface area contributed by atoms with Crippen molar-refractivity contribution in [3.63, 3.8) is 0 Å². The lowest BCUT2D eigenvalue weighted by Crippen LogP contribution is -1.94. The third-order valence-corrected chi connectivity index (χ3v) is 5.96. The van der Waals surface area contributed by atoms with Crippen LogP contribution >= 0.6 is 0 Å². The van der Waals surface area contributed by atoms with Gasteiger partial charge in [-0.05, 0) is 72.5 Å². The SMILES string of the molecule is C=C/C=C\C(=C/C)c1ccc2c(c1)c1cc(/C(C=C)=C/C=C)ccc1n2-c1ccc(C)cc1. The fourth-order valence-corrected chi connectivity index (χ4v) is 4.29. The Morgan fingerprint density at radius 1 is 0.758 bits per heavy atom. The van der Waals surface area contributed by atoms with Gasteiger partial charge in [-0.15, -0.1) is 0 Å². The second kappa shape index (κ2) is 9.58. The molecule has 0 unspecified atom stereocenters. The summed E-state index contributed by atoms with van der Waals surface area (Å²) in [7, 11) is 0. The minimum atomic E-state index is 1.06. The molecule has 1 aromatic heterocycles. The molecule has 33 heavy (non-hydrogen) atoms. The smallest absolute Gasteiger partial charge is 0.0541 e. The maximum atomic E-state index is 3.99. The van der Waals surface area contributed by atoms with Crippen molar-refractivity contribution >= 4 is 33.0 Å². The lowest BCUT2D eigenvalue weighted by atomic mass is 9.99. The van der Waals surface area contributed by atoms with Crippen molar-refractivity contribution in [1.29, 1.82) is 0 Å². The van der Waals surface area contributed by atoms with Gasteiger partial charge < -0.3 is 4.57 Å². The van der Waals surface area contributed by atoms with Gasteiger partial charge in [0.05, 0.1) is 11.0 Å². The number of aromatic nitrogens is 1. The summed E-state index contributed by atoms with van der Waals surface area (Å²) in [6.07, 6.45) is 13.7. The normalized spacial score (nSPS) is 12.5. The predicted octanol–water partition coefficient (Wildman–Crippen LogP) is 8.99. The van der Waals surface area contributed by atoms with Crippen LogP contribution in [0.5, 0.6) is 0 Å². The first-order valence-electron chi connectivity index (χ1n) is 11.2. The highest BCUT2D eigenvalue weighted by atomic mass is 15.0. The molecule has 0 saturated carbocycles. The van der Waals surface area contributed by atoms with E-state index in [0.717, 1.165) is 16.8 Å². The number of hydrogen-bond acceptors (Lipinski definition) is 0. The monoisotopic (exact) mass is 427 g/mol. The van der Waals surface area contributed by atoms with E-state index in [9.17, 15) is 0 Å². The lowest BCUT2D eigenvalue weighted by molar-refractivity contribution is 1.17. The first-order valence-corrected chi connectivity index (χ1v) is 11.2. The van der Waals surface area contributed by atoms with E-state index in [2.05, 4.69) is 111 Å². The maximum absolute atomic E-state index is 3.99. The molecular weight excluding hydrogens is 398 g/mol. The van der Waals surface area contributed by atoms with Gasteiger partial charge in [0.15, 0.2) is 0 Å². The molecule has 0 radical (unpaired) electrons. The first kappa shape index (κ1) is 22.1. The molecule has 0 bridgehead atoms. The molecule has 4 aromatic rings. The van der Waals surface area contributed by atoms with Crippen LogP contribution in [0.2, 0.25) is 0 Å². The Morgan fingerprint density at radius 3 is 1.88 bits per heavy atom. The minimum absolute atomic E-state index is 1.06. The van der Waals surface area contributed by atoms with Gasteiger partial charge in [0.2, 0.25) is 0 Å². The number of fused-ring (bicyclic) bond motifs is 3. The number of hydrogen-bond donors (Lipinski definition) is 0. The van der Waals surface area contributed by atoms with E-state index in [1.54, 1.807) is 12.2 Å². The summed E-state index contributed by atoms with van der Waals surface area (Å²) in [5, 5.41) is 2.43. The second-order valence-electron chi connectivity index (χ2n) is 8.04. The Kier molecular flexibility index (Phi) is 6.42. The van der Waals surface area contributed by atoms with Crippen LogP contribution < -0.4 is 0 Å². The lowest BCUT2D eigenvalue weighted by Gasteiger charge is -2.09. The standard InChI is InChI=1S/C32H29N/c1-6-10-12-25(9-4)27-16-20-32-30(22-27)29-21-26(24(8-3)11-7-2)15-19-31(29)33(32)28-17-13-23(5)14-18-28/h6-22H,1-3H2,4-5H3/b12-10-,24-11+,25-9+. The number of rotatable bonds is 7. The summed E-state index contributed by atoms with van der Waals surface area (Å²) in [4.78, 5) is 0. The molecule has 0 aliphatic rings. The van der Waals surface area contributed by atoms with Gasteiger partial charge in [-0.3, -0.25) is 0 Å². The van der Waals surface area contributed by atoms with E-state index >= 15 is 0 Å². The number of nitrogens with zero attached hydrogens (tertiary/aromatic N) is 1. The van der Waals surface area contributed by atoms with Crippen LogP contribution in [0, 0.1) is 6.92 Å². The van der Waals surface area contributed by atoms with Crippen LogP contribution in [0.15, 0.2) is 123 Å². The van der Waals surface area contributed by atoms with Crippen molar-refractivity contribution in [2.24, 2.45) is 0 Å². The van der Waals surface area contributed by atoms with Crippen LogP contribution in [0.1, 0.15) is 23.6 Å². The van der Waals surface area contributed by atoms with Crippen molar-refractivity contribution in [2.45, 2.75) is 13.8 Å². The molecule has 1 nitrogen and oxygen atoms in total. The maximum Gasteiger partial charge on any atom is 0.0541 e. The molecule has 0 N–H and O–H groups in total. The summed E-state index contributed by atoms with van der Waals surface area (Å²) in [5.74, 6) is 0. The zero-order chi connectivity index (χ0) is 23.4. The van der Waals surface area contributed by atoms with Crippen LogP contribution in [0.4, 0.5) is 0 Å². The van der Waals surface area contributed by atoms with Gasteiger partial charge in [0, 0.05) is 16.5 Å². The molecule has 0 fully saturated rings. The summed E-state index contributed by atoms with van der Waals surface area (Å²) < 4.78 is 2.34. The number of allylic oxidation sites excluding steroid dienone is 9. The largest absolute Gasteiger partial charge is 0.309 e. The van der Waals surface area contributed by atoms with Crippen molar-refractivity contribution in [2.75, 3.05) is 0 Å². The summed E-state index contributed by atoms with van der Waals surface area (Å²) in [6, 6.07) is 22.0. The van der Waals surface area contributed by atoms with E-state index in [1.807, 2.05) is 18.2 Å². The highest BCUT2D eigenvalue weighted by Crippen LogP contribution is 2.36. The van der Waals surface area contributed by atoms with Gasteiger partial charge in [-0.25, -0.2) is 0 Å². The molecular formula is C32H29N. The number of aryl methyl sites for hydroxylation is 1. The van der Waals surface area contributed by atoms with Gasteiger partial charge in [-0.2, -0.15) is 0 Å². The molecule has 0 atom stereocenters. The van der Waals surface area contributed by atoms with Crippen molar-refractivity contribution in [3.8, 4) is 5.69 Å².